The normalized spacial score (nSPS) is 13.2. The SMILES string of the molecule is C[C@@](O)(CC(=O)[O-])C(=O)[O-].[Na+].[Na+]. The molecule has 0 fully saturated rings. The van der Waals surface area contributed by atoms with E-state index >= 15 is 0 Å². The molecule has 0 amide bonds. The Morgan fingerprint density at radius 1 is 1.33 bits per heavy atom. The molecule has 0 aromatic rings. The molecule has 0 aliphatic heterocycles. The molecule has 58 valence electrons. The molecule has 0 aromatic heterocycles. The van der Waals surface area contributed by atoms with E-state index in [0.29, 0.717) is 0 Å². The van der Waals surface area contributed by atoms with Gasteiger partial charge in [-0.1, -0.05) is 0 Å². The molecule has 0 rings (SSSR count). The van der Waals surface area contributed by atoms with Gasteiger partial charge in [-0.3, -0.25) is 0 Å². The average molecular weight is 192 g/mol. The Labute approximate surface area is 114 Å². The van der Waals surface area contributed by atoms with Crippen molar-refractivity contribution in [3.8, 4) is 0 Å². The largest absolute Gasteiger partial charge is 1.00 e. The Kier molecular flexibility index (Phi) is 11.4. The summed E-state index contributed by atoms with van der Waals surface area (Å²) in [4.78, 5) is 19.7. The minimum absolute atomic E-state index is 0. The fourth-order valence-corrected chi connectivity index (χ4v) is 0.353. The Morgan fingerprint density at radius 3 is 1.75 bits per heavy atom. The Hall–Kier alpha value is 0.900. The van der Waals surface area contributed by atoms with Crippen molar-refractivity contribution in [2.24, 2.45) is 0 Å². The van der Waals surface area contributed by atoms with Crippen LogP contribution in [-0.2, 0) is 9.59 Å². The standard InChI is InChI=1S/C5H8O5.2Na/c1-5(10,4(8)9)2-3(6)7;;/h10H,2H2,1H3,(H,6,7)(H,8,9);;/q;2*+1/p-2/t5-;;/m1../s1. The molecule has 0 saturated carbocycles. The van der Waals surface area contributed by atoms with Crippen LogP contribution in [0.25, 0.3) is 0 Å². The molecule has 1 N–H and O–H groups in total. The number of carboxylic acids is 2. The zero-order valence-corrected chi connectivity index (χ0v) is 11.3. The smallest absolute Gasteiger partial charge is 0.550 e. The van der Waals surface area contributed by atoms with Crippen LogP contribution >= 0.6 is 0 Å². The summed E-state index contributed by atoms with van der Waals surface area (Å²) in [6.07, 6.45) is -0.963. The molecule has 7 heteroatoms. The van der Waals surface area contributed by atoms with E-state index in [1.165, 1.54) is 0 Å². The first-order chi connectivity index (χ1) is 4.36. The molecule has 12 heavy (non-hydrogen) atoms. The Bertz CT molecular complexity index is 167. The van der Waals surface area contributed by atoms with Crippen molar-refractivity contribution in [1.82, 2.24) is 0 Å². The maximum Gasteiger partial charge on any atom is 1.00 e. The second kappa shape index (κ2) is 7.32. The fraction of sp³-hybridized carbons (Fsp3) is 0.600. The van der Waals surface area contributed by atoms with Crippen molar-refractivity contribution in [3.63, 3.8) is 0 Å². The van der Waals surface area contributed by atoms with E-state index in [-0.39, 0.29) is 59.1 Å². The molecule has 0 saturated heterocycles. The number of hydrogen-bond acceptors (Lipinski definition) is 5. The van der Waals surface area contributed by atoms with E-state index in [4.69, 9.17) is 5.11 Å². The molecule has 1 atom stereocenters. The number of aliphatic hydroxyl groups is 1. The van der Waals surface area contributed by atoms with Crippen LogP contribution in [0.1, 0.15) is 13.3 Å². The maximum absolute atomic E-state index is 9.90. The zero-order valence-electron chi connectivity index (χ0n) is 7.29. The van der Waals surface area contributed by atoms with Crippen LogP contribution < -0.4 is 69.3 Å². The predicted octanol–water partition coefficient (Wildman–Crippen LogP) is -9.36. The Morgan fingerprint density at radius 2 is 1.67 bits per heavy atom. The van der Waals surface area contributed by atoms with Crippen molar-refractivity contribution in [2.45, 2.75) is 18.9 Å². The van der Waals surface area contributed by atoms with E-state index in [1.54, 1.807) is 0 Å². The van der Waals surface area contributed by atoms with Crippen molar-refractivity contribution in [1.29, 1.82) is 0 Å². The van der Waals surface area contributed by atoms with Crippen molar-refractivity contribution in [3.05, 3.63) is 0 Å². The van der Waals surface area contributed by atoms with Gasteiger partial charge in [0.25, 0.3) is 0 Å². The first kappa shape index (κ1) is 18.6. The van der Waals surface area contributed by atoms with Crippen LogP contribution in [-0.4, -0.2) is 22.6 Å². The second-order valence-electron chi connectivity index (χ2n) is 2.11. The van der Waals surface area contributed by atoms with E-state index in [2.05, 4.69) is 0 Å². The van der Waals surface area contributed by atoms with Gasteiger partial charge in [0, 0.05) is 12.4 Å². The third-order valence-electron chi connectivity index (χ3n) is 0.928. The van der Waals surface area contributed by atoms with Gasteiger partial charge in [0.15, 0.2) is 0 Å². The molecule has 0 aliphatic carbocycles. The summed E-state index contributed by atoms with van der Waals surface area (Å²) >= 11 is 0. The van der Waals surface area contributed by atoms with Crippen LogP contribution in [0.5, 0.6) is 0 Å². The fourth-order valence-electron chi connectivity index (χ4n) is 0.353. The first-order valence-electron chi connectivity index (χ1n) is 2.50. The summed E-state index contributed by atoms with van der Waals surface area (Å²) in [5.41, 5.74) is -2.33. The maximum atomic E-state index is 9.90. The number of carbonyl (C=O) groups excluding carboxylic acids is 2. The molecule has 0 aromatic carbocycles. The van der Waals surface area contributed by atoms with Gasteiger partial charge in [0.05, 0.1) is 5.97 Å². The number of aliphatic carboxylic acids is 2. The summed E-state index contributed by atoms with van der Waals surface area (Å²) in [5, 5.41) is 28.3. The number of hydrogen-bond donors (Lipinski definition) is 1. The number of carbonyl (C=O) groups is 2. The summed E-state index contributed by atoms with van der Waals surface area (Å²) < 4.78 is 0. The monoisotopic (exact) mass is 192 g/mol. The first-order valence-corrected chi connectivity index (χ1v) is 2.50. The van der Waals surface area contributed by atoms with Gasteiger partial charge in [-0.2, -0.15) is 0 Å². The quantitative estimate of drug-likeness (QED) is 0.447. The minimum atomic E-state index is -2.33. The second-order valence-corrected chi connectivity index (χ2v) is 2.11. The molecular weight excluding hydrogens is 186 g/mol. The van der Waals surface area contributed by atoms with Crippen LogP contribution in [0.2, 0.25) is 0 Å². The minimum Gasteiger partial charge on any atom is -0.550 e. The van der Waals surface area contributed by atoms with Crippen LogP contribution in [0.3, 0.4) is 0 Å². The van der Waals surface area contributed by atoms with Gasteiger partial charge in [0.2, 0.25) is 0 Å². The third kappa shape index (κ3) is 7.54. The third-order valence-corrected chi connectivity index (χ3v) is 0.928. The summed E-state index contributed by atoms with van der Waals surface area (Å²) in [5.74, 6) is -3.45. The predicted molar refractivity (Wildman–Crippen MR) is 25.3 cm³/mol. The molecule has 5 nitrogen and oxygen atoms in total. The van der Waals surface area contributed by atoms with Crippen LogP contribution in [0.4, 0.5) is 0 Å². The summed E-state index contributed by atoms with van der Waals surface area (Å²) in [7, 11) is 0. The molecule has 0 radical (unpaired) electrons. The van der Waals surface area contributed by atoms with Crippen LogP contribution in [0.15, 0.2) is 0 Å². The number of rotatable bonds is 3. The molecule has 0 bridgehead atoms. The van der Waals surface area contributed by atoms with Gasteiger partial charge in [-0.05, 0) is 6.92 Å². The van der Waals surface area contributed by atoms with Crippen molar-refractivity contribution in [2.75, 3.05) is 0 Å². The topological polar surface area (TPSA) is 100 Å². The zero-order chi connectivity index (χ0) is 8.36. The van der Waals surface area contributed by atoms with E-state index < -0.39 is 24.0 Å². The summed E-state index contributed by atoms with van der Waals surface area (Å²) in [6, 6.07) is 0. The van der Waals surface area contributed by atoms with Gasteiger partial charge in [-0.15, -0.1) is 0 Å². The molecule has 0 unspecified atom stereocenters. The molecule has 0 spiro atoms. The van der Waals surface area contributed by atoms with Gasteiger partial charge in [-0.25, -0.2) is 0 Å². The van der Waals surface area contributed by atoms with E-state index in [1.807, 2.05) is 0 Å². The molecule has 0 heterocycles. The number of carboxylic acid groups (broad SMARTS) is 2. The molecule has 0 aliphatic rings. The van der Waals surface area contributed by atoms with Crippen LogP contribution in [0, 0.1) is 0 Å². The summed E-state index contributed by atoms with van der Waals surface area (Å²) in [6.45, 7) is 0.831. The van der Waals surface area contributed by atoms with Gasteiger partial charge < -0.3 is 24.9 Å². The van der Waals surface area contributed by atoms with Gasteiger partial charge >= 0.3 is 59.1 Å². The average Bonchev–Trinajstić information content (AvgIpc) is 1.60. The van der Waals surface area contributed by atoms with Crippen molar-refractivity contribution < 1.29 is 84.0 Å². The Balaban J connectivity index is -0.000000405. The van der Waals surface area contributed by atoms with E-state index in [0.717, 1.165) is 6.92 Å². The van der Waals surface area contributed by atoms with E-state index in [9.17, 15) is 19.8 Å². The van der Waals surface area contributed by atoms with Gasteiger partial charge in [0.1, 0.15) is 5.60 Å². The van der Waals surface area contributed by atoms with Crippen molar-refractivity contribution >= 4 is 11.9 Å². The molecular formula is C5H6Na2O5.